The molecule has 0 heterocycles. The average molecular weight is 549 g/mol. The van der Waals surface area contributed by atoms with Crippen molar-refractivity contribution in [3.8, 4) is 5.75 Å². The summed E-state index contributed by atoms with van der Waals surface area (Å²) in [7, 11) is 0. The number of esters is 1. The predicted molar refractivity (Wildman–Crippen MR) is 131 cm³/mol. The van der Waals surface area contributed by atoms with Crippen LogP contribution in [0.4, 0.5) is 5.69 Å². The Morgan fingerprint density at radius 2 is 1.76 bits per heavy atom. The Morgan fingerprint density at radius 3 is 2.48 bits per heavy atom. The number of carbonyl (C=O) groups is 3. The Bertz CT molecular complexity index is 1260. The number of ether oxygens (including phenoxy) is 1. The lowest BCUT2D eigenvalue weighted by atomic mass is 10.1. The third-order valence-corrected chi connectivity index (χ3v) is 5.41. The quantitative estimate of drug-likeness (QED) is 0.147. The van der Waals surface area contributed by atoms with E-state index in [0.29, 0.717) is 26.3 Å². The van der Waals surface area contributed by atoms with Crippen LogP contribution in [0.5, 0.6) is 5.75 Å². The highest BCUT2D eigenvalue weighted by atomic mass is 79.9. The molecule has 2 amide bonds. The minimum Gasteiger partial charge on any atom is -0.422 e. The molecule has 7 nitrogen and oxygen atoms in total. The molecule has 0 saturated carbocycles. The first kappa shape index (κ1) is 24.4. The van der Waals surface area contributed by atoms with Gasteiger partial charge in [-0.1, -0.05) is 56.8 Å². The second-order valence-corrected chi connectivity index (χ2v) is 8.45. The first-order valence-electron chi connectivity index (χ1n) is 9.41. The lowest BCUT2D eigenvalue weighted by Crippen LogP contribution is -2.32. The number of anilines is 1. The lowest BCUT2D eigenvalue weighted by Gasteiger charge is -2.08. The zero-order valence-electron chi connectivity index (χ0n) is 17.1. The third-order valence-electron chi connectivity index (χ3n) is 4.18. The van der Waals surface area contributed by atoms with Crippen LogP contribution in [0.25, 0.3) is 0 Å². The van der Waals surface area contributed by atoms with Crippen molar-refractivity contribution in [2.75, 3.05) is 5.32 Å². The fraction of sp³-hybridized carbons (Fsp3) is 0.0435. The first-order valence-corrected chi connectivity index (χ1v) is 11.0. The van der Waals surface area contributed by atoms with Crippen LogP contribution in [-0.2, 0) is 9.59 Å². The molecular formula is C23H16BrCl2N3O4. The van der Waals surface area contributed by atoms with E-state index in [1.54, 1.807) is 36.4 Å². The van der Waals surface area contributed by atoms with Crippen LogP contribution < -0.4 is 15.5 Å². The monoisotopic (exact) mass is 547 g/mol. The number of halogens is 3. The summed E-state index contributed by atoms with van der Waals surface area (Å²) in [5.41, 5.74) is 4.13. The highest BCUT2D eigenvalue weighted by molar-refractivity contribution is 9.10. The van der Waals surface area contributed by atoms with Crippen LogP contribution >= 0.6 is 39.1 Å². The zero-order chi connectivity index (χ0) is 24.0. The molecule has 0 radical (unpaired) electrons. The highest BCUT2D eigenvalue weighted by Crippen LogP contribution is 2.25. The second kappa shape index (κ2) is 11.1. The molecule has 0 aliphatic carbocycles. The van der Waals surface area contributed by atoms with Gasteiger partial charge in [0, 0.05) is 15.7 Å². The molecule has 0 aliphatic heterocycles. The van der Waals surface area contributed by atoms with Gasteiger partial charge in [0.1, 0.15) is 5.75 Å². The van der Waals surface area contributed by atoms with Gasteiger partial charge in [-0.15, -0.1) is 0 Å². The van der Waals surface area contributed by atoms with Gasteiger partial charge in [0.05, 0.1) is 21.8 Å². The van der Waals surface area contributed by atoms with Crippen molar-refractivity contribution in [2.24, 2.45) is 5.10 Å². The topological polar surface area (TPSA) is 96.9 Å². The van der Waals surface area contributed by atoms with Crippen LogP contribution in [0.15, 0.2) is 70.2 Å². The van der Waals surface area contributed by atoms with E-state index < -0.39 is 17.8 Å². The van der Waals surface area contributed by atoms with E-state index in [1.807, 2.05) is 13.0 Å². The van der Waals surface area contributed by atoms with Gasteiger partial charge in [-0.25, -0.2) is 10.2 Å². The molecule has 2 N–H and O–H groups in total. The number of hydrazone groups is 1. The van der Waals surface area contributed by atoms with Crippen LogP contribution in [0.1, 0.15) is 21.5 Å². The van der Waals surface area contributed by atoms with E-state index in [4.69, 9.17) is 27.9 Å². The van der Waals surface area contributed by atoms with Crippen molar-refractivity contribution in [1.29, 1.82) is 0 Å². The number of nitrogens with one attached hydrogen (secondary N) is 2. The molecule has 0 atom stereocenters. The van der Waals surface area contributed by atoms with Gasteiger partial charge in [0.15, 0.2) is 0 Å². The molecule has 3 aromatic rings. The fourth-order valence-electron chi connectivity index (χ4n) is 2.62. The number of benzene rings is 3. The Morgan fingerprint density at radius 1 is 0.970 bits per heavy atom. The molecule has 10 heteroatoms. The third kappa shape index (κ3) is 6.89. The van der Waals surface area contributed by atoms with E-state index in [0.717, 1.165) is 5.56 Å². The van der Waals surface area contributed by atoms with Gasteiger partial charge in [-0.05, 0) is 55.5 Å². The summed E-state index contributed by atoms with van der Waals surface area (Å²) in [6.45, 7) is 1.87. The van der Waals surface area contributed by atoms with Crippen molar-refractivity contribution in [3.63, 3.8) is 0 Å². The predicted octanol–water partition coefficient (Wildman–Crippen LogP) is 5.37. The smallest absolute Gasteiger partial charge is 0.343 e. The van der Waals surface area contributed by atoms with Crippen molar-refractivity contribution >= 4 is 68.8 Å². The molecular weight excluding hydrogens is 533 g/mol. The van der Waals surface area contributed by atoms with E-state index >= 15 is 0 Å². The number of hydrogen-bond donors (Lipinski definition) is 2. The molecule has 0 aromatic heterocycles. The number of hydrogen-bond acceptors (Lipinski definition) is 5. The van der Waals surface area contributed by atoms with E-state index in [1.165, 1.54) is 24.4 Å². The van der Waals surface area contributed by atoms with Gasteiger partial charge < -0.3 is 10.1 Å². The molecule has 33 heavy (non-hydrogen) atoms. The summed E-state index contributed by atoms with van der Waals surface area (Å²) >= 11 is 15.1. The Labute approximate surface area is 207 Å². The van der Waals surface area contributed by atoms with Crippen molar-refractivity contribution in [1.82, 2.24) is 5.43 Å². The van der Waals surface area contributed by atoms with Gasteiger partial charge in [0.2, 0.25) is 0 Å². The Balaban J connectivity index is 1.67. The summed E-state index contributed by atoms with van der Waals surface area (Å²) < 4.78 is 6.18. The van der Waals surface area contributed by atoms with Crippen molar-refractivity contribution in [3.05, 3.63) is 91.9 Å². The van der Waals surface area contributed by atoms with E-state index in [9.17, 15) is 14.4 Å². The minimum atomic E-state index is -1.01. The minimum absolute atomic E-state index is 0.225. The normalized spacial score (nSPS) is 10.7. The molecule has 0 fully saturated rings. The number of rotatable bonds is 5. The Kier molecular flexibility index (Phi) is 8.21. The maximum absolute atomic E-state index is 12.5. The summed E-state index contributed by atoms with van der Waals surface area (Å²) in [4.78, 5) is 36.6. The van der Waals surface area contributed by atoms with Gasteiger partial charge in [0.25, 0.3) is 0 Å². The van der Waals surface area contributed by atoms with E-state index in [2.05, 4.69) is 31.8 Å². The number of nitrogens with zero attached hydrogens (tertiary/aromatic N) is 1. The number of carbonyl (C=O) groups excluding carboxylic acids is 3. The summed E-state index contributed by atoms with van der Waals surface area (Å²) in [6.07, 6.45) is 1.26. The Hall–Kier alpha value is -3.20. The van der Waals surface area contributed by atoms with Gasteiger partial charge >= 0.3 is 17.8 Å². The van der Waals surface area contributed by atoms with Gasteiger partial charge in [-0.3, -0.25) is 9.59 Å². The molecule has 3 aromatic carbocycles. The van der Waals surface area contributed by atoms with Crippen LogP contribution in [0, 0.1) is 6.92 Å². The molecule has 0 spiro atoms. The molecule has 0 bridgehead atoms. The number of aryl methyl sites for hydroxylation is 1. The summed E-state index contributed by atoms with van der Waals surface area (Å²) in [5.74, 6) is -2.28. The lowest BCUT2D eigenvalue weighted by molar-refractivity contribution is -0.136. The maximum Gasteiger partial charge on any atom is 0.343 e. The maximum atomic E-state index is 12.5. The van der Waals surface area contributed by atoms with Crippen molar-refractivity contribution < 1.29 is 19.1 Å². The zero-order valence-corrected chi connectivity index (χ0v) is 20.2. The van der Waals surface area contributed by atoms with Gasteiger partial charge in [-0.2, -0.15) is 5.10 Å². The van der Waals surface area contributed by atoms with Crippen molar-refractivity contribution in [2.45, 2.75) is 6.92 Å². The largest absolute Gasteiger partial charge is 0.422 e. The van der Waals surface area contributed by atoms with Crippen LogP contribution in [0.2, 0.25) is 10.0 Å². The first-order chi connectivity index (χ1) is 15.7. The summed E-state index contributed by atoms with van der Waals surface area (Å²) in [6, 6.07) is 16.3. The second-order valence-electron chi connectivity index (χ2n) is 6.72. The van der Waals surface area contributed by atoms with E-state index in [-0.39, 0.29) is 10.8 Å². The highest BCUT2D eigenvalue weighted by Gasteiger charge is 2.15. The SMILES string of the molecule is Cc1cccc(C(=O)Oc2ccc(Br)cc2C=NNC(=O)C(=O)Nc2ccc(Cl)c(Cl)c2)c1. The molecule has 3 rings (SSSR count). The standard InChI is InChI=1S/C23H16BrCl2N3O4/c1-13-3-2-4-14(9-13)23(32)33-20-8-5-16(24)10-15(20)12-27-29-22(31)21(30)28-17-6-7-18(25)19(26)11-17/h2-12H,1H3,(H,28,30)(H,29,31). The molecule has 0 unspecified atom stereocenters. The molecule has 0 saturated heterocycles. The molecule has 168 valence electrons. The fourth-order valence-corrected chi connectivity index (χ4v) is 3.29. The van der Waals surface area contributed by atoms with Crippen LogP contribution in [0.3, 0.4) is 0 Å². The van der Waals surface area contributed by atoms with Crippen LogP contribution in [-0.4, -0.2) is 24.0 Å². The number of amides is 2. The summed E-state index contributed by atoms with van der Waals surface area (Å²) in [5, 5.41) is 6.72. The molecule has 0 aliphatic rings. The average Bonchev–Trinajstić information content (AvgIpc) is 2.77.